The molecule has 0 aliphatic heterocycles. The Labute approximate surface area is 126 Å². The van der Waals surface area contributed by atoms with Gasteiger partial charge >= 0.3 is 0 Å². The maximum absolute atomic E-state index is 10.2. The van der Waals surface area contributed by atoms with Crippen molar-refractivity contribution in [1.82, 2.24) is 0 Å². The molecule has 0 unspecified atom stereocenters. The predicted molar refractivity (Wildman–Crippen MR) is 81.5 cm³/mol. The van der Waals surface area contributed by atoms with E-state index < -0.39 is 12.1 Å². The molecule has 1 aromatic rings. The van der Waals surface area contributed by atoms with Crippen molar-refractivity contribution >= 4 is 44.3 Å². The quantitative estimate of drug-likeness (QED) is 0.804. The lowest BCUT2D eigenvalue weighted by molar-refractivity contribution is 0.0399. The highest BCUT2D eigenvalue weighted by molar-refractivity contribution is 9.11. The molecule has 98 valence electrons. The van der Waals surface area contributed by atoms with Crippen molar-refractivity contribution in [2.45, 2.75) is 32.9 Å². The van der Waals surface area contributed by atoms with Crippen molar-refractivity contribution in [2.75, 3.05) is 0 Å². The Morgan fingerprint density at radius 2 is 1.76 bits per heavy atom. The van der Waals surface area contributed by atoms with Gasteiger partial charge in [0.2, 0.25) is 0 Å². The van der Waals surface area contributed by atoms with E-state index in [0.29, 0.717) is 0 Å². The minimum absolute atomic E-state index is 0. The minimum Gasteiger partial charge on any atom is -0.391 e. The summed E-state index contributed by atoms with van der Waals surface area (Å²) in [5.41, 5.74) is 6.77. The first-order valence-corrected chi connectivity index (χ1v) is 6.70. The Bertz CT molecular complexity index is 379. The van der Waals surface area contributed by atoms with Gasteiger partial charge in [-0.15, -0.1) is 12.4 Å². The predicted octanol–water partition coefficient (Wildman–Crippen LogP) is 4.04. The van der Waals surface area contributed by atoms with Crippen LogP contribution in [0.1, 0.15) is 32.4 Å². The summed E-state index contributed by atoms with van der Waals surface area (Å²) in [6, 6.07) is 5.40. The van der Waals surface area contributed by atoms with E-state index in [-0.39, 0.29) is 17.8 Å². The Hall–Kier alpha value is 0.390. The molecular formula is C12H18Br2ClNO. The summed E-state index contributed by atoms with van der Waals surface area (Å²) in [5.74, 6) is 0. The summed E-state index contributed by atoms with van der Waals surface area (Å²) in [7, 11) is 0. The second-order valence-corrected chi connectivity index (χ2v) is 6.77. The third-order valence-corrected chi connectivity index (χ3v) is 3.76. The smallest absolute Gasteiger partial charge is 0.0781 e. The molecule has 0 heterocycles. The number of aliphatic hydroxyl groups is 1. The van der Waals surface area contributed by atoms with Gasteiger partial charge in [0.05, 0.1) is 12.1 Å². The summed E-state index contributed by atoms with van der Waals surface area (Å²) in [5, 5.41) is 10.2. The average Bonchev–Trinajstić information content (AvgIpc) is 2.18. The highest BCUT2D eigenvalue weighted by Gasteiger charge is 2.30. The molecule has 1 aromatic carbocycles. The highest BCUT2D eigenvalue weighted by Crippen LogP contribution is 2.33. The van der Waals surface area contributed by atoms with Crippen LogP contribution in [0.2, 0.25) is 0 Å². The molecule has 2 atom stereocenters. The molecule has 0 aromatic heterocycles. The molecule has 0 saturated carbocycles. The summed E-state index contributed by atoms with van der Waals surface area (Å²) in [4.78, 5) is 0. The van der Waals surface area contributed by atoms with Gasteiger partial charge in [0, 0.05) is 8.95 Å². The number of aliphatic hydroxyl groups excluding tert-OH is 1. The lowest BCUT2D eigenvalue weighted by Crippen LogP contribution is -2.37. The van der Waals surface area contributed by atoms with Crippen LogP contribution in [0.5, 0.6) is 0 Å². The maximum Gasteiger partial charge on any atom is 0.0781 e. The van der Waals surface area contributed by atoms with E-state index in [1.807, 2.05) is 39.0 Å². The fourth-order valence-electron chi connectivity index (χ4n) is 1.48. The van der Waals surface area contributed by atoms with E-state index in [4.69, 9.17) is 5.73 Å². The first-order valence-electron chi connectivity index (χ1n) is 5.12. The molecule has 0 amide bonds. The van der Waals surface area contributed by atoms with Gasteiger partial charge in [-0.2, -0.15) is 0 Å². The van der Waals surface area contributed by atoms with Crippen LogP contribution in [-0.4, -0.2) is 11.2 Å². The summed E-state index contributed by atoms with van der Waals surface area (Å²) >= 11 is 6.86. The zero-order valence-electron chi connectivity index (χ0n) is 10.1. The van der Waals surface area contributed by atoms with Crippen molar-refractivity contribution in [3.05, 3.63) is 32.7 Å². The Morgan fingerprint density at radius 1 is 1.24 bits per heavy atom. The molecule has 0 aliphatic rings. The van der Waals surface area contributed by atoms with E-state index in [2.05, 4.69) is 31.9 Å². The second-order valence-electron chi connectivity index (χ2n) is 5.00. The SMILES string of the molecule is CC(C)(C)[C@@H](O)[C@@H](N)c1cc(Br)ccc1Br.Cl. The van der Waals surface area contributed by atoms with Crippen LogP contribution in [-0.2, 0) is 0 Å². The first kappa shape index (κ1) is 17.4. The van der Waals surface area contributed by atoms with Gasteiger partial charge in [-0.25, -0.2) is 0 Å². The third-order valence-electron chi connectivity index (χ3n) is 2.54. The highest BCUT2D eigenvalue weighted by atomic mass is 79.9. The van der Waals surface area contributed by atoms with Crippen LogP contribution >= 0.6 is 44.3 Å². The topological polar surface area (TPSA) is 46.2 Å². The van der Waals surface area contributed by atoms with E-state index in [0.717, 1.165) is 14.5 Å². The molecule has 0 saturated heterocycles. The molecular weight excluding hydrogens is 369 g/mol. The number of nitrogens with two attached hydrogens (primary N) is 1. The third kappa shape index (κ3) is 4.52. The van der Waals surface area contributed by atoms with Crippen molar-refractivity contribution in [1.29, 1.82) is 0 Å². The van der Waals surface area contributed by atoms with Gasteiger partial charge < -0.3 is 10.8 Å². The maximum atomic E-state index is 10.2. The number of halogens is 3. The van der Waals surface area contributed by atoms with Crippen LogP contribution in [0.15, 0.2) is 27.1 Å². The normalized spacial score (nSPS) is 15.0. The van der Waals surface area contributed by atoms with Crippen LogP contribution in [0, 0.1) is 5.41 Å². The molecule has 1 rings (SSSR count). The Morgan fingerprint density at radius 3 is 2.24 bits per heavy atom. The fourth-order valence-corrected chi connectivity index (χ4v) is 2.37. The van der Waals surface area contributed by atoms with Gasteiger partial charge in [-0.05, 0) is 29.2 Å². The van der Waals surface area contributed by atoms with Gasteiger partial charge in [-0.1, -0.05) is 52.6 Å². The number of hydrogen-bond donors (Lipinski definition) is 2. The molecule has 2 nitrogen and oxygen atoms in total. The summed E-state index contributed by atoms with van der Waals surface area (Å²) < 4.78 is 1.88. The van der Waals surface area contributed by atoms with Crippen molar-refractivity contribution in [3.8, 4) is 0 Å². The minimum atomic E-state index is -0.585. The van der Waals surface area contributed by atoms with Crippen LogP contribution in [0.3, 0.4) is 0 Å². The molecule has 5 heteroatoms. The van der Waals surface area contributed by atoms with Crippen molar-refractivity contribution in [3.63, 3.8) is 0 Å². The van der Waals surface area contributed by atoms with Crippen molar-refractivity contribution < 1.29 is 5.11 Å². The molecule has 0 bridgehead atoms. The van der Waals surface area contributed by atoms with Crippen LogP contribution in [0.25, 0.3) is 0 Å². The van der Waals surface area contributed by atoms with Crippen LogP contribution < -0.4 is 5.73 Å². The molecule has 0 fully saturated rings. The lowest BCUT2D eigenvalue weighted by Gasteiger charge is -2.31. The first-order chi connectivity index (χ1) is 7.23. The molecule has 0 aliphatic carbocycles. The molecule has 3 N–H and O–H groups in total. The van der Waals surface area contributed by atoms with Crippen LogP contribution in [0.4, 0.5) is 0 Å². The number of benzene rings is 1. The molecule has 0 radical (unpaired) electrons. The van der Waals surface area contributed by atoms with E-state index in [9.17, 15) is 5.11 Å². The number of rotatable bonds is 2. The molecule has 17 heavy (non-hydrogen) atoms. The van der Waals surface area contributed by atoms with Crippen molar-refractivity contribution in [2.24, 2.45) is 11.1 Å². The molecule has 0 spiro atoms. The largest absolute Gasteiger partial charge is 0.391 e. The lowest BCUT2D eigenvalue weighted by atomic mass is 9.82. The van der Waals surface area contributed by atoms with Gasteiger partial charge in [0.25, 0.3) is 0 Å². The second kappa shape index (κ2) is 6.53. The number of hydrogen-bond acceptors (Lipinski definition) is 2. The average molecular weight is 388 g/mol. The fraction of sp³-hybridized carbons (Fsp3) is 0.500. The standard InChI is InChI=1S/C12H17Br2NO.ClH/c1-12(2,3)11(16)10(15)8-6-7(13)4-5-9(8)14;/h4-6,10-11,16H,15H2,1-3H3;1H/t10-,11-;/m0./s1. The van der Waals surface area contributed by atoms with E-state index in [1.165, 1.54) is 0 Å². The monoisotopic (exact) mass is 385 g/mol. The van der Waals surface area contributed by atoms with Gasteiger partial charge in [0.15, 0.2) is 0 Å². The van der Waals surface area contributed by atoms with E-state index in [1.54, 1.807) is 0 Å². The van der Waals surface area contributed by atoms with E-state index >= 15 is 0 Å². The summed E-state index contributed by atoms with van der Waals surface area (Å²) in [6.07, 6.45) is -0.585. The Balaban J connectivity index is 0.00000256. The van der Waals surface area contributed by atoms with Gasteiger partial charge in [0.1, 0.15) is 0 Å². The zero-order chi connectivity index (χ0) is 12.5. The van der Waals surface area contributed by atoms with Gasteiger partial charge in [-0.3, -0.25) is 0 Å². The summed E-state index contributed by atoms with van der Waals surface area (Å²) in [6.45, 7) is 5.93. The Kier molecular flexibility index (Phi) is 6.68. The zero-order valence-corrected chi connectivity index (χ0v) is 14.1.